The van der Waals surface area contributed by atoms with Crippen LogP contribution >= 0.6 is 0 Å². The normalized spacial score (nSPS) is 19.2. The number of hydrogen-bond acceptors (Lipinski definition) is 2. The molecular formula is C10H17N3. The second-order valence-corrected chi connectivity index (χ2v) is 3.65. The Morgan fingerprint density at radius 2 is 2.31 bits per heavy atom. The Bertz CT molecular complexity index is 261. The molecule has 1 aliphatic rings. The van der Waals surface area contributed by atoms with Gasteiger partial charge in [-0.2, -0.15) is 5.10 Å². The molecule has 72 valence electrons. The molecule has 0 aliphatic carbocycles. The van der Waals surface area contributed by atoms with Gasteiger partial charge in [0.2, 0.25) is 0 Å². The van der Waals surface area contributed by atoms with Gasteiger partial charge in [0.1, 0.15) is 0 Å². The summed E-state index contributed by atoms with van der Waals surface area (Å²) < 4.78 is 2.01. The zero-order valence-corrected chi connectivity index (χ0v) is 8.16. The molecule has 3 heteroatoms. The summed E-state index contributed by atoms with van der Waals surface area (Å²) in [5, 5.41) is 7.68. The number of hydrogen-bond donors (Lipinski definition) is 1. The molecule has 1 N–H and O–H groups in total. The average Bonchev–Trinajstić information content (AvgIpc) is 2.67. The first-order valence-corrected chi connectivity index (χ1v) is 5.13. The average molecular weight is 179 g/mol. The zero-order chi connectivity index (χ0) is 9.10. The fraction of sp³-hybridized carbons (Fsp3) is 0.700. The molecule has 1 aromatic rings. The van der Waals surface area contributed by atoms with E-state index in [9.17, 15) is 0 Å². The molecule has 1 fully saturated rings. The summed E-state index contributed by atoms with van der Waals surface area (Å²) in [5.74, 6) is 0.738. The monoisotopic (exact) mass is 179 g/mol. The lowest BCUT2D eigenvalue weighted by atomic mass is 9.93. The number of aromatic nitrogens is 2. The van der Waals surface area contributed by atoms with Crippen molar-refractivity contribution < 1.29 is 0 Å². The van der Waals surface area contributed by atoms with Crippen molar-refractivity contribution in [2.45, 2.75) is 32.2 Å². The van der Waals surface area contributed by atoms with Crippen molar-refractivity contribution in [1.29, 1.82) is 0 Å². The molecule has 2 heterocycles. The smallest absolute Gasteiger partial charge is 0.0524 e. The van der Waals surface area contributed by atoms with E-state index in [-0.39, 0.29) is 0 Å². The van der Waals surface area contributed by atoms with Gasteiger partial charge in [-0.3, -0.25) is 4.68 Å². The van der Waals surface area contributed by atoms with Crippen LogP contribution in [0, 0.1) is 0 Å². The van der Waals surface area contributed by atoms with Crippen molar-refractivity contribution in [3.63, 3.8) is 0 Å². The van der Waals surface area contributed by atoms with Crippen LogP contribution in [0.5, 0.6) is 0 Å². The predicted molar refractivity (Wildman–Crippen MR) is 52.7 cm³/mol. The van der Waals surface area contributed by atoms with Crippen LogP contribution in [0.1, 0.15) is 31.2 Å². The van der Waals surface area contributed by atoms with E-state index < -0.39 is 0 Å². The van der Waals surface area contributed by atoms with E-state index in [4.69, 9.17) is 0 Å². The quantitative estimate of drug-likeness (QED) is 0.743. The topological polar surface area (TPSA) is 29.9 Å². The van der Waals surface area contributed by atoms with E-state index in [0.717, 1.165) is 25.6 Å². The highest BCUT2D eigenvalue weighted by Gasteiger charge is 2.16. The first-order chi connectivity index (χ1) is 6.40. The maximum Gasteiger partial charge on any atom is 0.0524 e. The molecule has 0 unspecified atom stereocenters. The number of nitrogens with one attached hydrogen (secondary N) is 1. The van der Waals surface area contributed by atoms with E-state index >= 15 is 0 Å². The third kappa shape index (κ3) is 1.91. The highest BCUT2D eigenvalue weighted by Crippen LogP contribution is 2.24. The van der Waals surface area contributed by atoms with Gasteiger partial charge in [0.15, 0.2) is 0 Å². The number of piperidine rings is 1. The molecule has 1 aliphatic heterocycles. The minimum Gasteiger partial charge on any atom is -0.317 e. The van der Waals surface area contributed by atoms with Crippen LogP contribution in [0.3, 0.4) is 0 Å². The Kier molecular flexibility index (Phi) is 2.64. The van der Waals surface area contributed by atoms with Crippen molar-refractivity contribution in [3.05, 3.63) is 18.0 Å². The third-order valence-electron chi connectivity index (χ3n) is 2.79. The molecule has 0 saturated carbocycles. The van der Waals surface area contributed by atoms with Crippen LogP contribution < -0.4 is 5.32 Å². The summed E-state index contributed by atoms with van der Waals surface area (Å²) in [6.07, 6.45) is 6.74. The lowest BCUT2D eigenvalue weighted by molar-refractivity contribution is 0.460. The standard InChI is InChI=1S/C10H17N3/c1-2-13-8-10(7-12-13)9-3-5-11-6-4-9/h7-9,11H,2-6H2,1H3. The lowest BCUT2D eigenvalue weighted by Crippen LogP contribution is -2.26. The molecule has 0 bridgehead atoms. The summed E-state index contributed by atoms with van der Waals surface area (Å²) in [6, 6.07) is 0. The first-order valence-electron chi connectivity index (χ1n) is 5.13. The summed E-state index contributed by atoms with van der Waals surface area (Å²) in [4.78, 5) is 0. The van der Waals surface area contributed by atoms with Crippen molar-refractivity contribution in [3.8, 4) is 0 Å². The Morgan fingerprint density at radius 3 is 2.92 bits per heavy atom. The maximum atomic E-state index is 4.31. The van der Waals surface area contributed by atoms with Gasteiger partial charge in [0.25, 0.3) is 0 Å². The largest absolute Gasteiger partial charge is 0.317 e. The molecule has 1 aromatic heterocycles. The number of nitrogens with zero attached hydrogens (tertiary/aromatic N) is 2. The molecule has 0 aromatic carbocycles. The molecule has 1 saturated heterocycles. The highest BCUT2D eigenvalue weighted by atomic mass is 15.3. The Morgan fingerprint density at radius 1 is 1.54 bits per heavy atom. The van der Waals surface area contributed by atoms with Crippen LogP contribution in [-0.2, 0) is 6.54 Å². The summed E-state index contributed by atoms with van der Waals surface area (Å²) >= 11 is 0. The van der Waals surface area contributed by atoms with Gasteiger partial charge >= 0.3 is 0 Å². The molecule has 0 radical (unpaired) electrons. The Balaban J connectivity index is 2.05. The van der Waals surface area contributed by atoms with E-state index in [1.54, 1.807) is 0 Å². The van der Waals surface area contributed by atoms with E-state index in [1.165, 1.54) is 18.4 Å². The molecule has 0 spiro atoms. The van der Waals surface area contributed by atoms with Crippen molar-refractivity contribution in [2.75, 3.05) is 13.1 Å². The molecular weight excluding hydrogens is 162 g/mol. The van der Waals surface area contributed by atoms with Crippen LogP contribution in [0.2, 0.25) is 0 Å². The van der Waals surface area contributed by atoms with Gasteiger partial charge in [0, 0.05) is 12.7 Å². The Hall–Kier alpha value is -0.830. The SMILES string of the molecule is CCn1cc(C2CCNCC2)cn1. The van der Waals surface area contributed by atoms with Gasteiger partial charge in [-0.15, -0.1) is 0 Å². The predicted octanol–water partition coefficient (Wildman–Crippen LogP) is 1.37. The van der Waals surface area contributed by atoms with E-state index in [0.29, 0.717) is 0 Å². The zero-order valence-electron chi connectivity index (χ0n) is 8.16. The minimum absolute atomic E-state index is 0.738. The van der Waals surface area contributed by atoms with E-state index in [1.807, 2.05) is 10.9 Å². The van der Waals surface area contributed by atoms with Crippen LogP contribution in [0.25, 0.3) is 0 Å². The first kappa shape index (κ1) is 8.75. The fourth-order valence-corrected chi connectivity index (χ4v) is 1.92. The summed E-state index contributed by atoms with van der Waals surface area (Å²) in [7, 11) is 0. The number of aryl methyl sites for hydroxylation is 1. The second-order valence-electron chi connectivity index (χ2n) is 3.65. The molecule has 2 rings (SSSR count). The van der Waals surface area contributed by atoms with Crippen LogP contribution in [0.4, 0.5) is 0 Å². The van der Waals surface area contributed by atoms with E-state index in [2.05, 4.69) is 23.5 Å². The van der Waals surface area contributed by atoms with Crippen LogP contribution in [-0.4, -0.2) is 22.9 Å². The molecule has 3 nitrogen and oxygen atoms in total. The van der Waals surface area contributed by atoms with Gasteiger partial charge in [-0.05, 0) is 44.3 Å². The lowest BCUT2D eigenvalue weighted by Gasteiger charge is -2.21. The summed E-state index contributed by atoms with van der Waals surface area (Å²) in [6.45, 7) is 5.41. The molecule has 13 heavy (non-hydrogen) atoms. The Labute approximate surface area is 79.1 Å². The molecule has 0 amide bonds. The van der Waals surface area contributed by atoms with Gasteiger partial charge in [-0.1, -0.05) is 0 Å². The summed E-state index contributed by atoms with van der Waals surface area (Å²) in [5.41, 5.74) is 1.42. The second kappa shape index (κ2) is 3.92. The third-order valence-corrected chi connectivity index (χ3v) is 2.79. The fourth-order valence-electron chi connectivity index (χ4n) is 1.92. The highest BCUT2D eigenvalue weighted by molar-refractivity contribution is 5.12. The van der Waals surface area contributed by atoms with Crippen molar-refractivity contribution in [2.24, 2.45) is 0 Å². The maximum absolute atomic E-state index is 4.31. The van der Waals surface area contributed by atoms with Crippen molar-refractivity contribution >= 4 is 0 Å². The molecule has 0 atom stereocenters. The van der Waals surface area contributed by atoms with Gasteiger partial charge < -0.3 is 5.32 Å². The van der Waals surface area contributed by atoms with Crippen molar-refractivity contribution in [1.82, 2.24) is 15.1 Å². The van der Waals surface area contributed by atoms with Gasteiger partial charge in [0.05, 0.1) is 6.20 Å². The van der Waals surface area contributed by atoms with Gasteiger partial charge in [-0.25, -0.2) is 0 Å². The number of rotatable bonds is 2. The van der Waals surface area contributed by atoms with Crippen LogP contribution in [0.15, 0.2) is 12.4 Å². The minimum atomic E-state index is 0.738.